The molecule has 2 aromatic rings. The van der Waals surface area contributed by atoms with Gasteiger partial charge in [0.15, 0.2) is 5.78 Å². The molecular formula is C14H13NO2S. The first-order valence-electron chi connectivity index (χ1n) is 5.54. The normalized spacial score (nSPS) is 10.1. The molecule has 0 spiro atoms. The van der Waals surface area contributed by atoms with Gasteiger partial charge in [0.2, 0.25) is 0 Å². The number of ketones is 1. The van der Waals surface area contributed by atoms with Crippen molar-refractivity contribution in [3.63, 3.8) is 0 Å². The monoisotopic (exact) mass is 259 g/mol. The lowest BCUT2D eigenvalue weighted by Gasteiger charge is -2.08. The summed E-state index contributed by atoms with van der Waals surface area (Å²) in [6.45, 7) is 3.41. The first-order chi connectivity index (χ1) is 8.58. The van der Waals surface area contributed by atoms with Crippen LogP contribution in [-0.4, -0.2) is 11.7 Å². The summed E-state index contributed by atoms with van der Waals surface area (Å²) >= 11 is 1.39. The lowest BCUT2D eigenvalue weighted by atomic mass is 10.1. The molecule has 0 fully saturated rings. The van der Waals surface area contributed by atoms with E-state index in [1.807, 2.05) is 24.4 Å². The molecule has 0 saturated carbocycles. The number of aryl methyl sites for hydroxylation is 1. The number of carbonyl (C=O) groups is 2. The Balaban J connectivity index is 2.26. The lowest BCUT2D eigenvalue weighted by Crippen LogP contribution is -2.11. The van der Waals surface area contributed by atoms with E-state index in [0.717, 1.165) is 5.56 Å². The number of benzene rings is 1. The van der Waals surface area contributed by atoms with E-state index in [0.29, 0.717) is 16.1 Å². The molecule has 0 unspecified atom stereocenters. The Morgan fingerprint density at radius 3 is 2.61 bits per heavy atom. The van der Waals surface area contributed by atoms with Gasteiger partial charge in [-0.3, -0.25) is 9.59 Å². The van der Waals surface area contributed by atoms with Crippen molar-refractivity contribution < 1.29 is 9.59 Å². The van der Waals surface area contributed by atoms with Crippen LogP contribution in [-0.2, 0) is 0 Å². The predicted molar refractivity (Wildman–Crippen MR) is 73.5 cm³/mol. The van der Waals surface area contributed by atoms with E-state index in [1.54, 1.807) is 18.2 Å². The molecule has 0 aliphatic heterocycles. The average molecular weight is 259 g/mol. The van der Waals surface area contributed by atoms with Crippen molar-refractivity contribution in [3.05, 3.63) is 51.7 Å². The summed E-state index contributed by atoms with van der Waals surface area (Å²) < 4.78 is 0. The molecule has 18 heavy (non-hydrogen) atoms. The van der Waals surface area contributed by atoms with Crippen molar-refractivity contribution in [1.82, 2.24) is 0 Å². The quantitative estimate of drug-likeness (QED) is 0.857. The van der Waals surface area contributed by atoms with Crippen molar-refractivity contribution in [2.75, 3.05) is 5.32 Å². The topological polar surface area (TPSA) is 46.2 Å². The van der Waals surface area contributed by atoms with E-state index < -0.39 is 0 Å². The van der Waals surface area contributed by atoms with Crippen LogP contribution in [0.25, 0.3) is 0 Å². The number of carbonyl (C=O) groups excluding carboxylic acids is 2. The summed E-state index contributed by atoms with van der Waals surface area (Å²) in [5.74, 6) is -0.157. The molecule has 0 saturated heterocycles. The molecule has 0 aliphatic carbocycles. The molecule has 0 radical (unpaired) electrons. The predicted octanol–water partition coefficient (Wildman–Crippen LogP) is 3.51. The van der Waals surface area contributed by atoms with E-state index in [4.69, 9.17) is 0 Å². The molecule has 0 bridgehead atoms. The van der Waals surface area contributed by atoms with Crippen LogP contribution in [0, 0.1) is 6.92 Å². The van der Waals surface area contributed by atoms with Crippen LogP contribution in [0.4, 0.5) is 5.69 Å². The summed E-state index contributed by atoms with van der Waals surface area (Å²) in [6.07, 6.45) is 0. The zero-order valence-electron chi connectivity index (χ0n) is 10.2. The van der Waals surface area contributed by atoms with Crippen molar-refractivity contribution in [2.45, 2.75) is 13.8 Å². The molecule has 1 amide bonds. The largest absolute Gasteiger partial charge is 0.321 e. The van der Waals surface area contributed by atoms with E-state index in [1.165, 1.54) is 18.3 Å². The van der Waals surface area contributed by atoms with Gasteiger partial charge in [-0.1, -0.05) is 18.2 Å². The van der Waals surface area contributed by atoms with Gasteiger partial charge in [0, 0.05) is 11.3 Å². The molecule has 4 heteroatoms. The van der Waals surface area contributed by atoms with Gasteiger partial charge >= 0.3 is 0 Å². The van der Waals surface area contributed by atoms with Crippen LogP contribution in [0.2, 0.25) is 0 Å². The fourth-order valence-electron chi connectivity index (χ4n) is 1.57. The Bertz CT molecular complexity index is 588. The summed E-state index contributed by atoms with van der Waals surface area (Å²) in [5.41, 5.74) is 2.22. The van der Waals surface area contributed by atoms with E-state index in [2.05, 4.69) is 5.32 Å². The zero-order chi connectivity index (χ0) is 13.1. The number of hydrogen-bond donors (Lipinski definition) is 1. The third-order valence-electron chi connectivity index (χ3n) is 2.64. The highest BCUT2D eigenvalue weighted by atomic mass is 32.1. The van der Waals surface area contributed by atoms with Crippen LogP contribution < -0.4 is 5.32 Å². The minimum Gasteiger partial charge on any atom is -0.321 e. The van der Waals surface area contributed by atoms with Gasteiger partial charge in [0.05, 0.1) is 4.88 Å². The van der Waals surface area contributed by atoms with Gasteiger partial charge in [-0.25, -0.2) is 0 Å². The molecule has 1 N–H and O–H groups in total. The molecule has 3 nitrogen and oxygen atoms in total. The Labute approximate surface area is 109 Å². The van der Waals surface area contributed by atoms with Gasteiger partial charge < -0.3 is 5.32 Å². The highest BCUT2D eigenvalue weighted by Crippen LogP contribution is 2.19. The van der Waals surface area contributed by atoms with Gasteiger partial charge in [0.25, 0.3) is 5.91 Å². The molecular weight excluding hydrogens is 246 g/mol. The number of nitrogens with one attached hydrogen (secondary N) is 1. The van der Waals surface area contributed by atoms with E-state index in [9.17, 15) is 9.59 Å². The second kappa shape index (κ2) is 5.14. The molecule has 92 valence electrons. The van der Waals surface area contributed by atoms with Crippen molar-refractivity contribution in [1.29, 1.82) is 0 Å². The second-order valence-corrected chi connectivity index (χ2v) is 4.97. The third kappa shape index (κ3) is 2.65. The number of anilines is 1. The highest BCUT2D eigenvalue weighted by Gasteiger charge is 2.10. The number of thiophene rings is 1. The average Bonchev–Trinajstić information content (AvgIpc) is 2.85. The maximum Gasteiger partial charge on any atom is 0.265 e. The molecule has 0 aliphatic rings. The standard InChI is InChI=1S/C14H13NO2S/c1-9-5-6-11(10(2)16)8-12(9)15-14(17)13-4-3-7-18-13/h3-8H,1-2H3,(H,15,17). The number of hydrogen-bond acceptors (Lipinski definition) is 3. The second-order valence-electron chi connectivity index (χ2n) is 4.02. The fraction of sp³-hybridized carbons (Fsp3) is 0.143. The summed E-state index contributed by atoms with van der Waals surface area (Å²) in [6, 6.07) is 8.91. The van der Waals surface area contributed by atoms with Gasteiger partial charge in [-0.2, -0.15) is 0 Å². The van der Waals surface area contributed by atoms with Gasteiger partial charge in [-0.15, -0.1) is 11.3 Å². The van der Waals surface area contributed by atoms with Gasteiger partial charge in [-0.05, 0) is 36.9 Å². The first-order valence-corrected chi connectivity index (χ1v) is 6.42. The Kier molecular flexibility index (Phi) is 3.58. The van der Waals surface area contributed by atoms with E-state index >= 15 is 0 Å². The SMILES string of the molecule is CC(=O)c1ccc(C)c(NC(=O)c2cccs2)c1. The molecule has 0 atom stereocenters. The first kappa shape index (κ1) is 12.5. The number of Topliss-reactive ketones (excluding diaryl/α,β-unsaturated/α-hetero) is 1. The number of rotatable bonds is 3. The lowest BCUT2D eigenvalue weighted by molar-refractivity contribution is 0.101. The van der Waals surface area contributed by atoms with Gasteiger partial charge in [0.1, 0.15) is 0 Å². The van der Waals surface area contributed by atoms with Crippen LogP contribution >= 0.6 is 11.3 Å². The molecule has 2 rings (SSSR count). The maximum absolute atomic E-state index is 11.9. The molecule has 1 aromatic carbocycles. The summed E-state index contributed by atoms with van der Waals surface area (Å²) in [5, 5.41) is 4.68. The van der Waals surface area contributed by atoms with Crippen molar-refractivity contribution in [3.8, 4) is 0 Å². The zero-order valence-corrected chi connectivity index (χ0v) is 11.0. The minimum atomic E-state index is -0.145. The Hall–Kier alpha value is -1.94. The molecule has 1 heterocycles. The van der Waals surface area contributed by atoms with Crippen molar-refractivity contribution in [2.24, 2.45) is 0 Å². The highest BCUT2D eigenvalue weighted by molar-refractivity contribution is 7.12. The van der Waals surface area contributed by atoms with Crippen molar-refractivity contribution >= 4 is 28.7 Å². The Morgan fingerprint density at radius 1 is 1.22 bits per heavy atom. The summed E-state index contributed by atoms with van der Waals surface area (Å²) in [4.78, 5) is 23.9. The van der Waals surface area contributed by atoms with Crippen LogP contribution in [0.1, 0.15) is 32.5 Å². The van der Waals surface area contributed by atoms with Crippen LogP contribution in [0.15, 0.2) is 35.7 Å². The number of amides is 1. The Morgan fingerprint density at radius 2 is 2.00 bits per heavy atom. The molecule has 1 aromatic heterocycles. The minimum absolute atomic E-state index is 0.0124. The smallest absolute Gasteiger partial charge is 0.265 e. The maximum atomic E-state index is 11.9. The fourth-order valence-corrected chi connectivity index (χ4v) is 2.19. The third-order valence-corrected chi connectivity index (χ3v) is 3.51. The van der Waals surface area contributed by atoms with Crippen LogP contribution in [0.3, 0.4) is 0 Å². The summed E-state index contributed by atoms with van der Waals surface area (Å²) in [7, 11) is 0. The van der Waals surface area contributed by atoms with E-state index in [-0.39, 0.29) is 11.7 Å². The van der Waals surface area contributed by atoms with Crippen LogP contribution in [0.5, 0.6) is 0 Å².